The average Bonchev–Trinajstić information content (AvgIpc) is 3.06. The van der Waals surface area contributed by atoms with Gasteiger partial charge in [-0.05, 0) is 88.4 Å². The van der Waals surface area contributed by atoms with E-state index in [-0.39, 0.29) is 59.9 Å². The quantitative estimate of drug-likeness (QED) is 0.381. The molecule has 1 heterocycles. The maximum absolute atomic E-state index is 14.3. The predicted molar refractivity (Wildman–Crippen MR) is 178 cm³/mol. The normalized spacial score (nSPS) is 23.0. The molecule has 1 fully saturated rings. The van der Waals surface area contributed by atoms with Gasteiger partial charge in [-0.25, -0.2) is 12.8 Å². The van der Waals surface area contributed by atoms with Crippen LogP contribution in [-0.4, -0.2) is 86.1 Å². The summed E-state index contributed by atoms with van der Waals surface area (Å²) >= 11 is 0. The third kappa shape index (κ3) is 9.74. The van der Waals surface area contributed by atoms with Gasteiger partial charge in [0.1, 0.15) is 11.6 Å². The Morgan fingerprint density at radius 2 is 1.74 bits per heavy atom. The number of fused-ring (bicyclic) bond motifs is 1. The molecule has 4 atom stereocenters. The summed E-state index contributed by atoms with van der Waals surface area (Å²) in [6, 6.07) is 9.22. The number of sulfonamides is 1. The number of hydrogen-bond donors (Lipinski definition) is 2. The van der Waals surface area contributed by atoms with Gasteiger partial charge in [0.05, 0.1) is 35.3 Å². The lowest BCUT2D eigenvalue weighted by atomic mass is 9.88. The molecule has 0 spiro atoms. The topological polar surface area (TPSA) is 125 Å². The Morgan fingerprint density at radius 3 is 2.43 bits per heavy atom. The molecule has 0 bridgehead atoms. The molecule has 1 aliphatic carbocycles. The lowest BCUT2D eigenvalue weighted by molar-refractivity contribution is -0.120. The monoisotopic (exact) mass is 675 g/mol. The lowest BCUT2D eigenvalue weighted by Gasteiger charge is -2.35. The maximum Gasteiger partial charge on any atom is 0.258 e. The Labute approximate surface area is 278 Å². The Bertz CT molecular complexity index is 1450. The van der Waals surface area contributed by atoms with E-state index < -0.39 is 28.0 Å². The van der Waals surface area contributed by atoms with Gasteiger partial charge in [0.2, 0.25) is 15.9 Å². The Balaban J connectivity index is 1.62. The van der Waals surface area contributed by atoms with Crippen LogP contribution in [0.2, 0.25) is 0 Å². The van der Waals surface area contributed by atoms with Crippen LogP contribution in [0.1, 0.15) is 82.5 Å². The summed E-state index contributed by atoms with van der Waals surface area (Å²) in [6.45, 7) is 5.82. The molecule has 4 rings (SSSR count). The summed E-state index contributed by atoms with van der Waals surface area (Å²) in [5.74, 6) is -0.968. The van der Waals surface area contributed by atoms with Crippen molar-refractivity contribution in [2.75, 3.05) is 38.7 Å². The van der Waals surface area contributed by atoms with Crippen LogP contribution in [0, 0.1) is 17.7 Å². The van der Waals surface area contributed by atoms with Crippen molar-refractivity contribution in [3.05, 3.63) is 53.8 Å². The number of carbonyl (C=O) groups is 2. The first-order chi connectivity index (χ1) is 22.4. The molecular weight excluding hydrogens is 625 g/mol. The van der Waals surface area contributed by atoms with Gasteiger partial charge in [-0.15, -0.1) is 0 Å². The van der Waals surface area contributed by atoms with Gasteiger partial charge >= 0.3 is 0 Å². The van der Waals surface area contributed by atoms with Crippen molar-refractivity contribution in [3.63, 3.8) is 0 Å². The smallest absolute Gasteiger partial charge is 0.258 e. The minimum Gasteiger partial charge on any atom is -0.490 e. The number of aliphatic hydroxyl groups is 1. The highest BCUT2D eigenvalue weighted by atomic mass is 32.2. The van der Waals surface area contributed by atoms with Crippen molar-refractivity contribution in [1.29, 1.82) is 0 Å². The summed E-state index contributed by atoms with van der Waals surface area (Å²) < 4.78 is 53.9. The van der Waals surface area contributed by atoms with Crippen LogP contribution >= 0.6 is 0 Å². The molecule has 2 aliphatic rings. The highest BCUT2D eigenvalue weighted by Crippen LogP contribution is 2.30. The molecule has 260 valence electrons. The Hall–Kier alpha value is -3.06. The van der Waals surface area contributed by atoms with Crippen molar-refractivity contribution >= 4 is 27.5 Å². The van der Waals surface area contributed by atoms with Gasteiger partial charge in [0, 0.05) is 44.3 Å². The molecule has 2 aromatic carbocycles. The standard InChI is InChI=1S/C35H50FN3O7S/c1-24-21-39(25(2)23-40)35(42)31-20-29(37-34(41)27-11-6-5-7-12-27)15-18-32(31)46-26(3)10-8-9-19-45-33(24)22-38(4)47(43,44)30-16-13-28(36)14-17-30/h13-18,20,24-27,33,40H,5-12,19,21-23H2,1-4H3,(H,37,41)/t24-,25-,26-,33-/m1/s1. The van der Waals surface area contributed by atoms with Gasteiger partial charge in [0.15, 0.2) is 0 Å². The van der Waals surface area contributed by atoms with Crippen molar-refractivity contribution in [1.82, 2.24) is 9.21 Å². The van der Waals surface area contributed by atoms with Crippen molar-refractivity contribution in [2.45, 2.75) is 95.3 Å². The Kier molecular flexibility index (Phi) is 13.2. The van der Waals surface area contributed by atoms with Gasteiger partial charge < -0.3 is 24.8 Å². The molecule has 0 radical (unpaired) electrons. The number of ether oxygens (including phenoxy) is 2. The molecule has 1 aliphatic heterocycles. The van der Waals surface area contributed by atoms with Crippen LogP contribution in [0.3, 0.4) is 0 Å². The highest BCUT2D eigenvalue weighted by Gasteiger charge is 2.33. The number of hydrogen-bond acceptors (Lipinski definition) is 7. The molecule has 0 unspecified atom stereocenters. The summed E-state index contributed by atoms with van der Waals surface area (Å²) in [7, 11) is -2.48. The molecule has 47 heavy (non-hydrogen) atoms. The van der Waals surface area contributed by atoms with Crippen LogP contribution in [0.5, 0.6) is 5.75 Å². The molecule has 12 heteroatoms. The number of benzene rings is 2. The van der Waals surface area contributed by atoms with Crippen LogP contribution in [0.4, 0.5) is 10.1 Å². The summed E-state index contributed by atoms with van der Waals surface area (Å²) in [4.78, 5) is 28.9. The minimum absolute atomic E-state index is 0.00383. The molecular formula is C35H50FN3O7S. The summed E-state index contributed by atoms with van der Waals surface area (Å²) in [5, 5.41) is 13.2. The zero-order valence-corrected chi connectivity index (χ0v) is 28.8. The zero-order chi connectivity index (χ0) is 34.1. The number of rotatable bonds is 8. The fourth-order valence-corrected chi connectivity index (χ4v) is 7.39. The maximum atomic E-state index is 14.3. The summed E-state index contributed by atoms with van der Waals surface area (Å²) in [6.07, 6.45) is 6.29. The van der Waals surface area contributed by atoms with Gasteiger partial charge in [0.25, 0.3) is 5.91 Å². The number of nitrogens with zero attached hydrogens (tertiary/aromatic N) is 2. The first-order valence-corrected chi connectivity index (χ1v) is 18.2. The molecule has 10 nitrogen and oxygen atoms in total. The third-order valence-corrected chi connectivity index (χ3v) is 11.1. The van der Waals surface area contributed by atoms with E-state index in [0.717, 1.165) is 57.1 Å². The second kappa shape index (κ2) is 16.9. The number of carbonyl (C=O) groups excluding carboxylic acids is 2. The molecule has 2 aromatic rings. The molecule has 2 N–H and O–H groups in total. The number of nitrogens with one attached hydrogen (secondary N) is 1. The van der Waals surface area contributed by atoms with Gasteiger partial charge in [-0.2, -0.15) is 4.31 Å². The van der Waals surface area contributed by atoms with E-state index in [4.69, 9.17) is 9.47 Å². The van der Waals surface area contributed by atoms with Gasteiger partial charge in [-0.1, -0.05) is 26.2 Å². The van der Waals surface area contributed by atoms with Crippen LogP contribution in [-0.2, 0) is 19.6 Å². The number of halogens is 1. The molecule has 0 aromatic heterocycles. The van der Waals surface area contributed by atoms with E-state index in [1.165, 1.54) is 23.5 Å². The highest BCUT2D eigenvalue weighted by molar-refractivity contribution is 7.89. The van der Waals surface area contributed by atoms with E-state index in [2.05, 4.69) is 5.32 Å². The SMILES string of the molecule is C[C@@H]1CCCCO[C@H](CN(C)S(=O)(=O)c2ccc(F)cc2)[C@H](C)CN([C@H](C)CO)C(=O)c2cc(NC(=O)C3CCCCC3)ccc2O1. The van der Waals surface area contributed by atoms with Crippen LogP contribution in [0.15, 0.2) is 47.4 Å². The van der Waals surface area contributed by atoms with E-state index >= 15 is 0 Å². The van der Waals surface area contributed by atoms with E-state index in [9.17, 15) is 27.5 Å². The summed E-state index contributed by atoms with van der Waals surface area (Å²) in [5.41, 5.74) is 0.778. The first-order valence-electron chi connectivity index (χ1n) is 16.8. The van der Waals surface area contributed by atoms with Crippen LogP contribution < -0.4 is 10.1 Å². The Morgan fingerprint density at radius 1 is 1.06 bits per heavy atom. The number of likely N-dealkylation sites (N-methyl/N-ethyl adjacent to an activating group) is 1. The fraction of sp³-hybridized carbons (Fsp3) is 0.600. The number of anilines is 1. The number of amides is 2. The van der Waals surface area contributed by atoms with Crippen LogP contribution in [0.25, 0.3) is 0 Å². The van der Waals surface area contributed by atoms with E-state index in [0.29, 0.717) is 24.5 Å². The lowest BCUT2D eigenvalue weighted by Crippen LogP contribution is -2.48. The van der Waals surface area contributed by atoms with Crippen molar-refractivity contribution in [2.24, 2.45) is 11.8 Å². The average molecular weight is 676 g/mol. The fourth-order valence-electron chi connectivity index (χ4n) is 6.21. The molecule has 0 saturated heterocycles. The number of aliphatic hydroxyl groups excluding tert-OH is 1. The van der Waals surface area contributed by atoms with Crippen molar-refractivity contribution in [3.8, 4) is 5.75 Å². The zero-order valence-electron chi connectivity index (χ0n) is 28.0. The molecule has 2 amide bonds. The van der Waals surface area contributed by atoms with Crippen molar-refractivity contribution < 1.29 is 37.0 Å². The largest absolute Gasteiger partial charge is 0.490 e. The third-order valence-electron chi connectivity index (χ3n) is 9.25. The predicted octanol–water partition coefficient (Wildman–Crippen LogP) is 5.46. The first kappa shape index (κ1) is 36.8. The molecule has 1 saturated carbocycles. The van der Waals surface area contributed by atoms with E-state index in [1.807, 2.05) is 13.8 Å². The van der Waals surface area contributed by atoms with Gasteiger partial charge in [-0.3, -0.25) is 9.59 Å². The van der Waals surface area contributed by atoms with E-state index in [1.54, 1.807) is 30.0 Å². The second-order valence-corrected chi connectivity index (χ2v) is 15.1. The minimum atomic E-state index is -3.94. The second-order valence-electron chi connectivity index (χ2n) is 13.1.